The van der Waals surface area contributed by atoms with Crippen LogP contribution in [0.15, 0.2) is 58.8 Å². The molecular weight excluding hydrogens is 339 g/mol. The third-order valence-corrected chi connectivity index (χ3v) is 3.87. The maximum Gasteiger partial charge on any atom is 0.309 e. The van der Waals surface area contributed by atoms with E-state index in [-0.39, 0.29) is 18.9 Å². The van der Waals surface area contributed by atoms with Crippen molar-refractivity contribution in [2.75, 3.05) is 6.54 Å². The molecule has 1 atom stereocenters. The lowest BCUT2D eigenvalue weighted by atomic mass is 9.99. The first kappa shape index (κ1) is 17.4. The molecule has 2 aromatic carbocycles. The van der Waals surface area contributed by atoms with Crippen molar-refractivity contribution < 1.29 is 18.8 Å². The molecule has 3 rings (SSSR count). The number of carbonyl (C=O) groups is 3. The van der Waals surface area contributed by atoms with Gasteiger partial charge in [-0.15, -0.1) is 5.11 Å². The lowest BCUT2D eigenvalue weighted by molar-refractivity contribution is -0.139. The van der Waals surface area contributed by atoms with Crippen molar-refractivity contribution in [2.24, 2.45) is 10.2 Å². The summed E-state index contributed by atoms with van der Waals surface area (Å²) in [5.74, 6) is -2.44. The van der Waals surface area contributed by atoms with E-state index < -0.39 is 23.8 Å². The zero-order valence-corrected chi connectivity index (χ0v) is 13.6. The summed E-state index contributed by atoms with van der Waals surface area (Å²) in [4.78, 5) is 35.4. The largest absolute Gasteiger partial charge is 0.345 e. The highest BCUT2D eigenvalue weighted by atomic mass is 19.1. The van der Waals surface area contributed by atoms with E-state index in [0.29, 0.717) is 16.7 Å². The highest BCUT2D eigenvalue weighted by Crippen LogP contribution is 2.26. The van der Waals surface area contributed by atoms with E-state index in [1.165, 1.54) is 24.3 Å². The normalized spacial score (nSPS) is 15.3. The molecule has 0 bridgehead atoms. The van der Waals surface area contributed by atoms with Crippen LogP contribution in [0.25, 0.3) is 0 Å². The van der Waals surface area contributed by atoms with Gasteiger partial charge in [0, 0.05) is 18.7 Å². The van der Waals surface area contributed by atoms with Gasteiger partial charge in [-0.25, -0.2) is 4.39 Å². The van der Waals surface area contributed by atoms with Crippen LogP contribution in [-0.2, 0) is 16.1 Å². The minimum atomic E-state index is -0.823. The first-order valence-electron chi connectivity index (χ1n) is 7.89. The molecule has 3 amide bonds. The first-order valence-corrected chi connectivity index (χ1v) is 7.89. The number of fused-ring (bicyclic) bond motifs is 1. The lowest BCUT2D eigenvalue weighted by Crippen LogP contribution is -2.41. The molecule has 0 saturated heterocycles. The third kappa shape index (κ3) is 3.97. The fraction of sp³-hybridized carbons (Fsp3) is 0.167. The number of azo groups is 1. The van der Waals surface area contributed by atoms with Crippen LogP contribution < -0.4 is 10.6 Å². The van der Waals surface area contributed by atoms with Crippen LogP contribution in [0.4, 0.5) is 4.39 Å². The monoisotopic (exact) mass is 354 g/mol. The van der Waals surface area contributed by atoms with Crippen LogP contribution in [0, 0.1) is 5.82 Å². The van der Waals surface area contributed by atoms with Crippen molar-refractivity contribution >= 4 is 17.7 Å². The second-order valence-electron chi connectivity index (χ2n) is 5.64. The molecule has 1 heterocycles. The molecule has 8 heteroatoms. The number of rotatable bonds is 4. The van der Waals surface area contributed by atoms with E-state index in [1.807, 2.05) is 0 Å². The van der Waals surface area contributed by atoms with Crippen LogP contribution in [0.1, 0.15) is 27.5 Å². The van der Waals surface area contributed by atoms with Gasteiger partial charge in [-0.1, -0.05) is 30.3 Å². The minimum Gasteiger partial charge on any atom is -0.345 e. The van der Waals surface area contributed by atoms with E-state index in [4.69, 9.17) is 0 Å². The van der Waals surface area contributed by atoms with E-state index in [9.17, 15) is 18.8 Å². The number of benzene rings is 2. The maximum atomic E-state index is 12.8. The maximum absolute atomic E-state index is 12.8. The number of amides is 3. The molecule has 7 nitrogen and oxygen atoms in total. The number of nitrogens with zero attached hydrogens (tertiary/aromatic N) is 2. The molecule has 2 N–H and O–H groups in total. The van der Waals surface area contributed by atoms with Gasteiger partial charge in [0.25, 0.3) is 5.91 Å². The highest BCUT2D eigenvalue weighted by molar-refractivity contribution is 6.35. The molecule has 1 aliphatic heterocycles. The molecular formula is C18H15FN4O3. The van der Waals surface area contributed by atoms with Crippen molar-refractivity contribution in [2.45, 2.75) is 12.6 Å². The van der Waals surface area contributed by atoms with E-state index in [1.54, 1.807) is 24.3 Å². The van der Waals surface area contributed by atoms with Crippen LogP contribution in [0.3, 0.4) is 0 Å². The average Bonchev–Trinajstić information content (AvgIpc) is 2.67. The molecule has 2 aromatic rings. The third-order valence-electron chi connectivity index (χ3n) is 3.87. The van der Waals surface area contributed by atoms with Crippen molar-refractivity contribution in [3.05, 3.63) is 71.0 Å². The van der Waals surface area contributed by atoms with Crippen LogP contribution >= 0.6 is 0 Å². The van der Waals surface area contributed by atoms with Crippen LogP contribution in [-0.4, -0.2) is 24.3 Å². The van der Waals surface area contributed by atoms with Crippen molar-refractivity contribution in [1.29, 1.82) is 0 Å². The second-order valence-corrected chi connectivity index (χ2v) is 5.64. The van der Waals surface area contributed by atoms with E-state index >= 15 is 0 Å². The van der Waals surface area contributed by atoms with Gasteiger partial charge in [0.1, 0.15) is 11.9 Å². The Labute approximate surface area is 148 Å². The summed E-state index contributed by atoms with van der Waals surface area (Å²) < 4.78 is 12.8. The molecule has 0 aromatic heterocycles. The predicted molar refractivity (Wildman–Crippen MR) is 89.6 cm³/mol. The number of nitrogens with one attached hydrogen (secondary N) is 2. The molecule has 1 unspecified atom stereocenters. The molecule has 26 heavy (non-hydrogen) atoms. The average molecular weight is 354 g/mol. The van der Waals surface area contributed by atoms with Crippen molar-refractivity contribution in [3.8, 4) is 0 Å². The van der Waals surface area contributed by atoms with Gasteiger partial charge in [0.2, 0.25) is 0 Å². The molecule has 0 spiro atoms. The SMILES string of the molecule is O=C(NCc1ccc(F)cc1)C(=O)NCC1N=NC(=O)c2ccccc21. The summed E-state index contributed by atoms with van der Waals surface area (Å²) in [5.41, 5.74) is 1.75. The van der Waals surface area contributed by atoms with Crippen molar-refractivity contribution in [3.63, 3.8) is 0 Å². The van der Waals surface area contributed by atoms with E-state index in [2.05, 4.69) is 20.9 Å². The summed E-state index contributed by atoms with van der Waals surface area (Å²) in [7, 11) is 0. The molecule has 0 fully saturated rings. The first-order chi connectivity index (χ1) is 12.5. The zero-order chi connectivity index (χ0) is 18.5. The minimum absolute atomic E-state index is 0.0383. The molecule has 1 aliphatic rings. The highest BCUT2D eigenvalue weighted by Gasteiger charge is 2.24. The number of hydrogen-bond acceptors (Lipinski definition) is 4. The fourth-order valence-electron chi connectivity index (χ4n) is 2.51. The Bertz CT molecular complexity index is 880. The molecule has 132 valence electrons. The Morgan fingerprint density at radius 1 is 1.00 bits per heavy atom. The summed E-state index contributed by atoms with van der Waals surface area (Å²) in [6, 6.07) is 11.9. The predicted octanol–water partition coefficient (Wildman–Crippen LogP) is 1.91. The summed E-state index contributed by atoms with van der Waals surface area (Å²) >= 11 is 0. The van der Waals surface area contributed by atoms with Gasteiger partial charge < -0.3 is 10.6 Å². The lowest BCUT2D eigenvalue weighted by Gasteiger charge is -2.18. The molecule has 0 saturated carbocycles. The van der Waals surface area contributed by atoms with Gasteiger partial charge in [-0.2, -0.15) is 5.11 Å². The van der Waals surface area contributed by atoms with Gasteiger partial charge >= 0.3 is 11.8 Å². The van der Waals surface area contributed by atoms with Crippen LogP contribution in [0.5, 0.6) is 0 Å². The number of halogens is 1. The summed E-state index contributed by atoms with van der Waals surface area (Å²) in [5, 5.41) is 12.4. The van der Waals surface area contributed by atoms with Crippen molar-refractivity contribution in [1.82, 2.24) is 10.6 Å². The Balaban J connectivity index is 1.53. The van der Waals surface area contributed by atoms with Gasteiger partial charge in [-0.05, 0) is 29.3 Å². The van der Waals surface area contributed by atoms with Crippen LogP contribution in [0.2, 0.25) is 0 Å². The quantitative estimate of drug-likeness (QED) is 0.820. The standard InChI is InChI=1S/C18H15FN4O3/c19-12-7-5-11(6-8-12)9-20-17(25)18(26)21-10-15-13-3-1-2-4-14(13)16(24)23-22-15/h1-8,15H,9-10H2,(H,20,25)(H,21,26). The van der Waals surface area contributed by atoms with Gasteiger partial charge in [-0.3, -0.25) is 14.4 Å². The van der Waals surface area contributed by atoms with E-state index in [0.717, 1.165) is 0 Å². The smallest absolute Gasteiger partial charge is 0.309 e. The molecule has 0 radical (unpaired) electrons. The van der Waals surface area contributed by atoms with Gasteiger partial charge in [0.15, 0.2) is 0 Å². The van der Waals surface area contributed by atoms with Gasteiger partial charge in [0.05, 0.1) is 0 Å². The summed E-state index contributed by atoms with van der Waals surface area (Å²) in [6.45, 7) is 0.142. The number of carbonyl (C=O) groups excluding carboxylic acids is 3. The Hall–Kier alpha value is -3.42. The topological polar surface area (TPSA) is 100.0 Å². The summed E-state index contributed by atoms with van der Waals surface area (Å²) in [6.07, 6.45) is 0. The zero-order valence-electron chi connectivity index (χ0n) is 13.6. The Kier molecular flexibility index (Phi) is 5.12. The number of hydrogen-bond donors (Lipinski definition) is 2. The Morgan fingerprint density at radius 3 is 2.46 bits per heavy atom. The fourth-order valence-corrected chi connectivity index (χ4v) is 2.51. The molecule has 0 aliphatic carbocycles. The second kappa shape index (κ2) is 7.64. The Morgan fingerprint density at radius 2 is 1.69 bits per heavy atom.